The van der Waals surface area contributed by atoms with E-state index in [1.54, 1.807) is 46.8 Å². The number of esters is 1. The van der Waals surface area contributed by atoms with Gasteiger partial charge < -0.3 is 25.6 Å². The molecular formula is C19H30N2O5. The second kappa shape index (κ2) is 9.31. The number of amides is 1. The molecule has 0 aliphatic carbocycles. The second-order valence-corrected chi connectivity index (χ2v) is 7.33. The molecule has 0 bridgehead atoms. The minimum Gasteiger partial charge on any atom is -0.506 e. The molecular weight excluding hydrogens is 336 g/mol. The molecule has 0 aliphatic heterocycles. The topological polar surface area (TPSA) is 111 Å². The second-order valence-electron chi connectivity index (χ2n) is 7.33. The first-order chi connectivity index (χ1) is 12.0. The number of alkyl carbamates (subject to hydrolysis) is 1. The Morgan fingerprint density at radius 2 is 1.96 bits per heavy atom. The Bertz CT molecular complexity index is 625. The van der Waals surface area contributed by atoms with Crippen LogP contribution in [0.3, 0.4) is 0 Å². The number of rotatable bonds is 7. The molecule has 2 unspecified atom stereocenters. The van der Waals surface area contributed by atoms with Gasteiger partial charge in [-0.3, -0.25) is 4.79 Å². The van der Waals surface area contributed by atoms with E-state index in [0.29, 0.717) is 19.4 Å². The molecule has 0 spiro atoms. The summed E-state index contributed by atoms with van der Waals surface area (Å²) in [6.45, 7) is 9.16. The van der Waals surface area contributed by atoms with Crippen molar-refractivity contribution in [3.05, 3.63) is 23.8 Å². The fourth-order valence-corrected chi connectivity index (χ4v) is 2.49. The number of nitrogens with two attached hydrogens (primary N) is 1. The van der Waals surface area contributed by atoms with Crippen LogP contribution >= 0.6 is 0 Å². The van der Waals surface area contributed by atoms with Gasteiger partial charge in [0.1, 0.15) is 11.4 Å². The van der Waals surface area contributed by atoms with Crippen LogP contribution in [0.5, 0.6) is 5.75 Å². The summed E-state index contributed by atoms with van der Waals surface area (Å²) < 4.78 is 10.3. The molecule has 26 heavy (non-hydrogen) atoms. The van der Waals surface area contributed by atoms with E-state index in [1.165, 1.54) is 6.07 Å². The van der Waals surface area contributed by atoms with E-state index < -0.39 is 11.7 Å². The number of phenols is 1. The monoisotopic (exact) mass is 366 g/mol. The zero-order chi connectivity index (χ0) is 19.9. The number of benzene rings is 1. The van der Waals surface area contributed by atoms with Gasteiger partial charge in [-0.05, 0) is 58.2 Å². The van der Waals surface area contributed by atoms with Crippen LogP contribution in [-0.2, 0) is 20.7 Å². The van der Waals surface area contributed by atoms with E-state index in [0.717, 1.165) is 5.56 Å². The Kier molecular flexibility index (Phi) is 7.74. The molecule has 7 nitrogen and oxygen atoms in total. The molecule has 0 saturated heterocycles. The van der Waals surface area contributed by atoms with Crippen molar-refractivity contribution >= 4 is 17.7 Å². The summed E-state index contributed by atoms with van der Waals surface area (Å²) in [5, 5.41) is 12.4. The standard InChI is InChI=1S/C19H30N2O5/c1-6-25-17(23)12(2)9-14(21-18(24)26-19(3,4)5)10-13-7-8-16(22)15(20)11-13/h7-8,11-12,14,22H,6,9-10,20H2,1-5H3,(H,21,24). The van der Waals surface area contributed by atoms with Crippen molar-refractivity contribution < 1.29 is 24.2 Å². The normalized spacial score (nSPS) is 13.6. The smallest absolute Gasteiger partial charge is 0.407 e. The number of nitrogens with one attached hydrogen (secondary N) is 1. The number of hydrogen-bond acceptors (Lipinski definition) is 6. The largest absolute Gasteiger partial charge is 0.506 e. The summed E-state index contributed by atoms with van der Waals surface area (Å²) in [5.74, 6) is -0.691. The van der Waals surface area contributed by atoms with Crippen LogP contribution in [-0.4, -0.2) is 35.4 Å². The minimum absolute atomic E-state index is 0.00490. The van der Waals surface area contributed by atoms with Crippen molar-refractivity contribution in [2.45, 2.75) is 59.1 Å². The molecule has 0 saturated carbocycles. The molecule has 0 aliphatic rings. The van der Waals surface area contributed by atoms with Crippen LogP contribution in [0.4, 0.5) is 10.5 Å². The average Bonchev–Trinajstić information content (AvgIpc) is 2.49. The molecule has 1 aromatic rings. The number of anilines is 1. The highest BCUT2D eigenvalue weighted by Crippen LogP contribution is 2.22. The van der Waals surface area contributed by atoms with E-state index in [-0.39, 0.29) is 29.4 Å². The van der Waals surface area contributed by atoms with Gasteiger partial charge in [0, 0.05) is 6.04 Å². The van der Waals surface area contributed by atoms with Crippen LogP contribution in [0, 0.1) is 5.92 Å². The lowest BCUT2D eigenvalue weighted by Gasteiger charge is -2.25. The highest BCUT2D eigenvalue weighted by atomic mass is 16.6. The first kappa shape index (κ1) is 21.6. The van der Waals surface area contributed by atoms with Gasteiger partial charge in [0.25, 0.3) is 0 Å². The lowest BCUT2D eigenvalue weighted by molar-refractivity contribution is -0.147. The zero-order valence-electron chi connectivity index (χ0n) is 16.2. The Hall–Kier alpha value is -2.44. The van der Waals surface area contributed by atoms with Crippen molar-refractivity contribution in [3.8, 4) is 5.75 Å². The predicted octanol–water partition coefficient (Wildman–Crippen LogP) is 3.00. The van der Waals surface area contributed by atoms with Crippen molar-refractivity contribution in [2.75, 3.05) is 12.3 Å². The number of phenolic OH excluding ortho intramolecular Hbond substituents is 1. The number of ether oxygens (including phenoxy) is 2. The molecule has 0 aromatic heterocycles. The molecule has 0 heterocycles. The Morgan fingerprint density at radius 1 is 1.31 bits per heavy atom. The molecule has 2 atom stereocenters. The maximum atomic E-state index is 12.1. The summed E-state index contributed by atoms with van der Waals surface area (Å²) in [6, 6.07) is 4.52. The minimum atomic E-state index is -0.621. The third-order valence-corrected chi connectivity index (χ3v) is 3.62. The van der Waals surface area contributed by atoms with E-state index in [2.05, 4.69) is 5.32 Å². The fourth-order valence-electron chi connectivity index (χ4n) is 2.49. The van der Waals surface area contributed by atoms with Crippen molar-refractivity contribution in [3.63, 3.8) is 0 Å². The van der Waals surface area contributed by atoms with Gasteiger partial charge in [-0.15, -0.1) is 0 Å². The first-order valence-corrected chi connectivity index (χ1v) is 8.75. The predicted molar refractivity (Wildman–Crippen MR) is 99.8 cm³/mol. The Labute approximate surface area is 154 Å². The number of carbonyl (C=O) groups is 2. The number of aromatic hydroxyl groups is 1. The molecule has 1 aromatic carbocycles. The number of carbonyl (C=O) groups excluding carboxylic acids is 2. The maximum Gasteiger partial charge on any atom is 0.407 e. The number of hydrogen-bond donors (Lipinski definition) is 3. The average molecular weight is 366 g/mol. The van der Waals surface area contributed by atoms with Gasteiger partial charge in [0.05, 0.1) is 18.2 Å². The van der Waals surface area contributed by atoms with E-state index in [9.17, 15) is 14.7 Å². The van der Waals surface area contributed by atoms with Crippen molar-refractivity contribution in [1.82, 2.24) is 5.32 Å². The fraction of sp³-hybridized carbons (Fsp3) is 0.579. The van der Waals surface area contributed by atoms with E-state index >= 15 is 0 Å². The quantitative estimate of drug-likeness (QED) is 0.389. The highest BCUT2D eigenvalue weighted by molar-refractivity contribution is 5.72. The summed E-state index contributed by atoms with van der Waals surface area (Å²) >= 11 is 0. The SMILES string of the molecule is CCOC(=O)C(C)CC(Cc1ccc(O)c(N)c1)NC(=O)OC(C)(C)C. The molecule has 1 rings (SSSR count). The lowest BCUT2D eigenvalue weighted by atomic mass is 9.96. The van der Waals surface area contributed by atoms with Gasteiger partial charge >= 0.3 is 12.1 Å². The zero-order valence-corrected chi connectivity index (χ0v) is 16.2. The molecule has 146 valence electrons. The third-order valence-electron chi connectivity index (χ3n) is 3.62. The molecule has 1 amide bonds. The Balaban J connectivity index is 2.87. The molecule has 0 fully saturated rings. The third kappa shape index (κ3) is 7.63. The van der Waals surface area contributed by atoms with Crippen molar-refractivity contribution in [2.24, 2.45) is 5.92 Å². The van der Waals surface area contributed by atoms with Gasteiger partial charge in [0.15, 0.2) is 0 Å². The molecule has 7 heteroatoms. The van der Waals surface area contributed by atoms with Crippen LogP contribution in [0.1, 0.15) is 46.6 Å². The summed E-state index contributed by atoms with van der Waals surface area (Å²) in [4.78, 5) is 24.1. The molecule has 4 N–H and O–H groups in total. The van der Waals surface area contributed by atoms with Crippen LogP contribution < -0.4 is 11.1 Å². The molecule has 0 radical (unpaired) electrons. The van der Waals surface area contributed by atoms with Gasteiger partial charge in [-0.25, -0.2) is 4.79 Å². The number of nitrogen functional groups attached to an aromatic ring is 1. The van der Waals surface area contributed by atoms with Gasteiger partial charge in [0.2, 0.25) is 0 Å². The van der Waals surface area contributed by atoms with E-state index in [1.807, 2.05) is 0 Å². The Morgan fingerprint density at radius 3 is 2.50 bits per heavy atom. The van der Waals surface area contributed by atoms with E-state index in [4.69, 9.17) is 15.2 Å². The van der Waals surface area contributed by atoms with Crippen LogP contribution in [0.2, 0.25) is 0 Å². The lowest BCUT2D eigenvalue weighted by Crippen LogP contribution is -2.41. The highest BCUT2D eigenvalue weighted by Gasteiger charge is 2.24. The summed E-state index contributed by atoms with van der Waals surface area (Å²) in [7, 11) is 0. The van der Waals surface area contributed by atoms with Gasteiger partial charge in [-0.2, -0.15) is 0 Å². The first-order valence-electron chi connectivity index (χ1n) is 8.75. The summed E-state index contributed by atoms with van der Waals surface area (Å²) in [6.07, 6.45) is 0.275. The van der Waals surface area contributed by atoms with Crippen LogP contribution in [0.15, 0.2) is 18.2 Å². The maximum absolute atomic E-state index is 12.1. The van der Waals surface area contributed by atoms with Gasteiger partial charge in [-0.1, -0.05) is 13.0 Å². The van der Waals surface area contributed by atoms with Crippen LogP contribution in [0.25, 0.3) is 0 Å². The van der Waals surface area contributed by atoms with Crippen molar-refractivity contribution in [1.29, 1.82) is 0 Å². The summed E-state index contributed by atoms with van der Waals surface area (Å²) in [5.41, 5.74) is 6.21.